The Balaban J connectivity index is 2.03. The fraction of sp³-hybridized carbons (Fsp3) is 0.533. The van der Waals surface area contributed by atoms with E-state index in [-0.39, 0.29) is 0 Å². The van der Waals surface area contributed by atoms with E-state index in [1.807, 2.05) is 18.2 Å². The highest BCUT2D eigenvalue weighted by Crippen LogP contribution is 2.22. The largest absolute Gasteiger partial charge is 0.383 e. The van der Waals surface area contributed by atoms with Crippen molar-refractivity contribution < 1.29 is 8.95 Å². The zero-order valence-electron chi connectivity index (χ0n) is 12.3. The number of anilines is 1. The van der Waals surface area contributed by atoms with Gasteiger partial charge < -0.3 is 15.0 Å². The van der Waals surface area contributed by atoms with E-state index in [1.54, 1.807) is 7.11 Å². The van der Waals surface area contributed by atoms with Gasteiger partial charge in [0, 0.05) is 55.6 Å². The monoisotopic (exact) mass is 307 g/mol. The lowest BCUT2D eigenvalue weighted by Crippen LogP contribution is -2.38. The average Bonchev–Trinajstić information content (AvgIpc) is 2.52. The summed E-state index contributed by atoms with van der Waals surface area (Å²) in [4.78, 5) is 2.15. The zero-order chi connectivity index (χ0) is 15.1. The number of hydrogen-bond acceptors (Lipinski definition) is 5. The highest BCUT2D eigenvalue weighted by atomic mass is 32.2. The summed E-state index contributed by atoms with van der Waals surface area (Å²) in [5.74, 6) is 1.37. The van der Waals surface area contributed by atoms with Crippen molar-refractivity contribution in [1.29, 1.82) is 5.26 Å². The van der Waals surface area contributed by atoms with Crippen LogP contribution in [0.3, 0.4) is 0 Å². The third kappa shape index (κ3) is 4.53. The molecular weight excluding hydrogens is 286 g/mol. The molecule has 5 nitrogen and oxygen atoms in total. The molecule has 1 aromatic rings. The van der Waals surface area contributed by atoms with E-state index in [1.165, 1.54) is 0 Å². The fourth-order valence-electron chi connectivity index (χ4n) is 2.34. The molecule has 0 aromatic heterocycles. The van der Waals surface area contributed by atoms with Crippen molar-refractivity contribution in [2.45, 2.75) is 6.54 Å². The summed E-state index contributed by atoms with van der Waals surface area (Å²) in [7, 11) is 0.976. The first kappa shape index (κ1) is 16.0. The van der Waals surface area contributed by atoms with Gasteiger partial charge in [0.25, 0.3) is 0 Å². The Labute approximate surface area is 128 Å². The lowest BCUT2D eigenvalue weighted by molar-refractivity contribution is 0.199. The first-order valence-electron chi connectivity index (χ1n) is 7.07. The van der Waals surface area contributed by atoms with Crippen molar-refractivity contribution in [3.63, 3.8) is 0 Å². The molecule has 0 spiro atoms. The number of benzene rings is 1. The minimum atomic E-state index is -0.700. The normalized spacial score (nSPS) is 15.9. The molecule has 114 valence electrons. The van der Waals surface area contributed by atoms with E-state index in [0.717, 1.165) is 37.4 Å². The van der Waals surface area contributed by atoms with E-state index in [9.17, 15) is 9.47 Å². The molecule has 1 saturated heterocycles. The van der Waals surface area contributed by atoms with Crippen LogP contribution in [0.5, 0.6) is 0 Å². The van der Waals surface area contributed by atoms with Crippen LogP contribution in [0.4, 0.5) is 5.69 Å². The lowest BCUT2D eigenvalue weighted by atomic mass is 10.1. The molecule has 1 heterocycles. The third-order valence-corrected chi connectivity index (χ3v) is 4.79. The Morgan fingerprint density at radius 1 is 1.43 bits per heavy atom. The SMILES string of the molecule is COCCNCc1ccc(N2CCS(=O)CC2)c(C#N)c1. The fourth-order valence-corrected chi connectivity index (χ4v) is 3.40. The maximum atomic E-state index is 11.4. The summed E-state index contributed by atoms with van der Waals surface area (Å²) in [5.41, 5.74) is 2.73. The van der Waals surface area contributed by atoms with Gasteiger partial charge in [0.2, 0.25) is 0 Å². The number of rotatable bonds is 6. The number of hydrogen-bond donors (Lipinski definition) is 1. The first-order chi connectivity index (χ1) is 10.2. The van der Waals surface area contributed by atoms with Gasteiger partial charge in [-0.05, 0) is 17.7 Å². The molecule has 21 heavy (non-hydrogen) atoms. The van der Waals surface area contributed by atoms with Crippen molar-refractivity contribution >= 4 is 16.5 Å². The topological polar surface area (TPSA) is 65.4 Å². The Morgan fingerprint density at radius 3 is 2.86 bits per heavy atom. The van der Waals surface area contributed by atoms with Crippen LogP contribution in [-0.2, 0) is 22.1 Å². The molecule has 0 bridgehead atoms. The van der Waals surface area contributed by atoms with Crippen molar-refractivity contribution in [3.05, 3.63) is 29.3 Å². The van der Waals surface area contributed by atoms with Crippen molar-refractivity contribution in [1.82, 2.24) is 5.32 Å². The molecule has 6 heteroatoms. The Hall–Kier alpha value is -1.42. The van der Waals surface area contributed by atoms with Gasteiger partial charge in [-0.2, -0.15) is 5.26 Å². The molecule has 1 fully saturated rings. The average molecular weight is 307 g/mol. The quantitative estimate of drug-likeness (QED) is 0.790. The minimum Gasteiger partial charge on any atom is -0.383 e. The van der Waals surface area contributed by atoms with Gasteiger partial charge in [-0.3, -0.25) is 4.21 Å². The van der Waals surface area contributed by atoms with Gasteiger partial charge in [-0.25, -0.2) is 0 Å². The smallest absolute Gasteiger partial charge is 0.101 e. The van der Waals surface area contributed by atoms with E-state index in [4.69, 9.17) is 4.74 Å². The molecule has 1 aliphatic rings. The summed E-state index contributed by atoms with van der Waals surface area (Å²) in [5, 5.41) is 12.6. The predicted octanol–water partition coefficient (Wildman–Crippen LogP) is 0.863. The van der Waals surface area contributed by atoms with Gasteiger partial charge in [0.1, 0.15) is 6.07 Å². The Bertz CT molecular complexity index is 532. The Kier molecular flexibility index (Phi) is 6.18. The number of nitrogens with one attached hydrogen (secondary N) is 1. The first-order valence-corrected chi connectivity index (χ1v) is 8.56. The standard InChI is InChI=1S/C15H21N3O2S/c1-20-7-4-17-12-13-2-3-15(14(10-13)11-16)18-5-8-21(19)9-6-18/h2-3,10,17H,4-9,12H2,1H3. The summed E-state index contributed by atoms with van der Waals surface area (Å²) in [6.07, 6.45) is 0. The molecule has 0 saturated carbocycles. The third-order valence-electron chi connectivity index (χ3n) is 3.51. The zero-order valence-corrected chi connectivity index (χ0v) is 13.1. The summed E-state index contributed by atoms with van der Waals surface area (Å²) in [6.45, 7) is 3.70. The number of ether oxygens (including phenoxy) is 1. The number of nitriles is 1. The summed E-state index contributed by atoms with van der Waals surface area (Å²) < 4.78 is 16.4. The number of nitrogens with zero attached hydrogens (tertiary/aromatic N) is 2. The molecular formula is C15H21N3O2S. The van der Waals surface area contributed by atoms with Crippen LogP contribution in [0.15, 0.2) is 18.2 Å². The van der Waals surface area contributed by atoms with Gasteiger partial charge in [-0.1, -0.05) is 6.07 Å². The van der Waals surface area contributed by atoms with Crippen molar-refractivity contribution in [2.24, 2.45) is 0 Å². The second-order valence-corrected chi connectivity index (χ2v) is 6.66. The summed E-state index contributed by atoms with van der Waals surface area (Å²) >= 11 is 0. The molecule has 0 atom stereocenters. The molecule has 0 unspecified atom stereocenters. The van der Waals surface area contributed by atoms with E-state index < -0.39 is 10.8 Å². The lowest BCUT2D eigenvalue weighted by Gasteiger charge is -2.29. The molecule has 0 radical (unpaired) electrons. The van der Waals surface area contributed by atoms with Crippen LogP contribution >= 0.6 is 0 Å². The Morgan fingerprint density at radius 2 is 2.19 bits per heavy atom. The molecule has 0 amide bonds. The van der Waals surface area contributed by atoms with Gasteiger partial charge in [0.05, 0.1) is 17.9 Å². The highest BCUT2D eigenvalue weighted by molar-refractivity contribution is 7.85. The van der Waals surface area contributed by atoms with Gasteiger partial charge >= 0.3 is 0 Å². The molecule has 1 N–H and O–H groups in total. The van der Waals surface area contributed by atoms with Crippen LogP contribution in [0.1, 0.15) is 11.1 Å². The van der Waals surface area contributed by atoms with E-state index in [0.29, 0.717) is 23.7 Å². The van der Waals surface area contributed by atoms with Crippen LogP contribution in [0, 0.1) is 11.3 Å². The maximum Gasteiger partial charge on any atom is 0.101 e. The molecule has 2 rings (SSSR count). The molecule has 1 aromatic carbocycles. The van der Waals surface area contributed by atoms with Crippen molar-refractivity contribution in [2.75, 3.05) is 49.8 Å². The second-order valence-electron chi connectivity index (χ2n) is 4.97. The summed E-state index contributed by atoms with van der Waals surface area (Å²) in [6, 6.07) is 8.25. The van der Waals surface area contributed by atoms with Gasteiger partial charge in [0.15, 0.2) is 0 Å². The van der Waals surface area contributed by atoms with Crippen LogP contribution in [0.2, 0.25) is 0 Å². The maximum absolute atomic E-state index is 11.4. The van der Waals surface area contributed by atoms with Crippen LogP contribution < -0.4 is 10.2 Å². The van der Waals surface area contributed by atoms with E-state index >= 15 is 0 Å². The predicted molar refractivity (Wildman–Crippen MR) is 84.8 cm³/mol. The van der Waals surface area contributed by atoms with E-state index in [2.05, 4.69) is 16.3 Å². The molecule has 0 aliphatic carbocycles. The van der Waals surface area contributed by atoms with Crippen LogP contribution in [-0.4, -0.2) is 49.1 Å². The second kappa shape index (κ2) is 8.13. The number of methoxy groups -OCH3 is 1. The van der Waals surface area contributed by atoms with Crippen LogP contribution in [0.25, 0.3) is 0 Å². The minimum absolute atomic E-state index is 0.675. The molecule has 1 aliphatic heterocycles. The highest BCUT2D eigenvalue weighted by Gasteiger charge is 2.18. The van der Waals surface area contributed by atoms with Crippen molar-refractivity contribution in [3.8, 4) is 6.07 Å². The van der Waals surface area contributed by atoms with Gasteiger partial charge in [-0.15, -0.1) is 0 Å².